The predicted molar refractivity (Wildman–Crippen MR) is 212 cm³/mol. The van der Waals surface area contributed by atoms with E-state index in [2.05, 4.69) is 170 Å². The van der Waals surface area contributed by atoms with Crippen molar-refractivity contribution in [1.82, 2.24) is 9.97 Å². The topological polar surface area (TPSA) is 38.9 Å². The Hall–Kier alpha value is -6.84. The molecule has 0 saturated heterocycles. The van der Waals surface area contributed by atoms with Gasteiger partial charge in [0, 0.05) is 33.0 Å². The molecule has 0 spiro atoms. The predicted octanol–water partition coefficient (Wildman–Crippen LogP) is 13.0. The molecule has 0 bridgehead atoms. The summed E-state index contributed by atoms with van der Waals surface area (Å²) in [7, 11) is 0. The highest BCUT2D eigenvalue weighted by atomic mass is 16.3. The third kappa shape index (κ3) is 5.06. The fourth-order valence-electron chi connectivity index (χ4n) is 7.36. The van der Waals surface area contributed by atoms with Crippen LogP contribution in [0.5, 0.6) is 0 Å². The van der Waals surface area contributed by atoms with E-state index in [9.17, 15) is 0 Å². The van der Waals surface area contributed by atoms with E-state index >= 15 is 0 Å². The number of fused-ring (bicyclic) bond motifs is 5. The molecule has 0 aliphatic rings. The van der Waals surface area contributed by atoms with Gasteiger partial charge in [0.25, 0.3) is 0 Å². The number of hydrogen-bond donors (Lipinski definition) is 0. The second kappa shape index (κ2) is 11.9. The SMILES string of the molecule is c1ccc(-c2ccc(-c3cc(-c4ccccc4)nc(-c4ccc(-c5cccc6c5oc5cc7ccccc7cc56)c5ccccc45)n3)cc2)cc1. The Bertz CT molecular complexity index is 2890. The zero-order valence-electron chi connectivity index (χ0n) is 27.6. The molecular formula is C48H30N2O. The van der Waals surface area contributed by atoms with Gasteiger partial charge in [-0.1, -0.05) is 158 Å². The van der Waals surface area contributed by atoms with Gasteiger partial charge >= 0.3 is 0 Å². The molecule has 238 valence electrons. The number of furan rings is 1. The maximum Gasteiger partial charge on any atom is 0.161 e. The molecule has 0 radical (unpaired) electrons. The van der Waals surface area contributed by atoms with Crippen LogP contribution >= 0.6 is 0 Å². The second-order valence-electron chi connectivity index (χ2n) is 13.0. The van der Waals surface area contributed by atoms with E-state index in [1.54, 1.807) is 0 Å². The van der Waals surface area contributed by atoms with Gasteiger partial charge in [0.15, 0.2) is 5.82 Å². The Morgan fingerprint density at radius 2 is 0.863 bits per heavy atom. The Kier molecular flexibility index (Phi) is 6.81. The average molecular weight is 651 g/mol. The maximum absolute atomic E-state index is 6.65. The van der Waals surface area contributed by atoms with Crippen LogP contribution in [-0.2, 0) is 0 Å². The highest BCUT2D eigenvalue weighted by molar-refractivity contribution is 6.15. The summed E-state index contributed by atoms with van der Waals surface area (Å²) in [5.74, 6) is 0.690. The van der Waals surface area contributed by atoms with E-state index in [1.807, 2.05) is 12.1 Å². The van der Waals surface area contributed by atoms with Crippen LogP contribution in [0.4, 0.5) is 0 Å². The van der Waals surface area contributed by atoms with Crippen LogP contribution in [-0.4, -0.2) is 9.97 Å². The maximum atomic E-state index is 6.65. The zero-order chi connectivity index (χ0) is 33.7. The van der Waals surface area contributed by atoms with Gasteiger partial charge in [0.2, 0.25) is 0 Å². The molecule has 0 N–H and O–H groups in total. The minimum Gasteiger partial charge on any atom is -0.455 e. The quantitative estimate of drug-likeness (QED) is 0.186. The highest BCUT2D eigenvalue weighted by Crippen LogP contribution is 2.42. The van der Waals surface area contributed by atoms with Crippen LogP contribution in [0.2, 0.25) is 0 Å². The first-order chi connectivity index (χ1) is 25.3. The molecule has 0 aliphatic heterocycles. The van der Waals surface area contributed by atoms with Gasteiger partial charge in [-0.15, -0.1) is 0 Å². The van der Waals surface area contributed by atoms with Gasteiger partial charge in [-0.3, -0.25) is 0 Å². The summed E-state index contributed by atoms with van der Waals surface area (Å²) in [4.78, 5) is 10.4. The van der Waals surface area contributed by atoms with Gasteiger partial charge in [-0.2, -0.15) is 0 Å². The van der Waals surface area contributed by atoms with E-state index in [4.69, 9.17) is 14.4 Å². The van der Waals surface area contributed by atoms with Crippen molar-refractivity contribution in [2.24, 2.45) is 0 Å². The summed E-state index contributed by atoms with van der Waals surface area (Å²) in [6, 6.07) is 63.7. The zero-order valence-corrected chi connectivity index (χ0v) is 27.6. The molecule has 0 unspecified atom stereocenters. The van der Waals surface area contributed by atoms with Crippen molar-refractivity contribution in [3.05, 3.63) is 182 Å². The summed E-state index contributed by atoms with van der Waals surface area (Å²) in [5, 5.41) is 6.83. The molecule has 0 amide bonds. The highest BCUT2D eigenvalue weighted by Gasteiger charge is 2.18. The minimum absolute atomic E-state index is 0.690. The first kappa shape index (κ1) is 29.1. The van der Waals surface area contributed by atoms with Crippen molar-refractivity contribution in [3.8, 4) is 56.2 Å². The van der Waals surface area contributed by atoms with Crippen LogP contribution in [0, 0.1) is 0 Å². The lowest BCUT2D eigenvalue weighted by molar-refractivity contribution is 0.670. The van der Waals surface area contributed by atoms with Crippen molar-refractivity contribution in [2.45, 2.75) is 0 Å². The third-order valence-corrected chi connectivity index (χ3v) is 9.90. The van der Waals surface area contributed by atoms with E-state index in [0.717, 1.165) is 71.9 Å². The monoisotopic (exact) mass is 650 g/mol. The fraction of sp³-hybridized carbons (Fsp3) is 0. The van der Waals surface area contributed by atoms with E-state index in [-0.39, 0.29) is 0 Å². The molecule has 3 nitrogen and oxygen atoms in total. The van der Waals surface area contributed by atoms with Crippen molar-refractivity contribution >= 4 is 43.5 Å². The molecular weight excluding hydrogens is 621 g/mol. The molecule has 3 heteroatoms. The van der Waals surface area contributed by atoms with Gasteiger partial charge in [-0.05, 0) is 62.5 Å². The van der Waals surface area contributed by atoms with Crippen LogP contribution in [0.1, 0.15) is 0 Å². The number of benzene rings is 8. The largest absolute Gasteiger partial charge is 0.455 e. The molecule has 10 aromatic rings. The van der Waals surface area contributed by atoms with Crippen LogP contribution in [0.25, 0.3) is 99.6 Å². The Morgan fingerprint density at radius 1 is 0.333 bits per heavy atom. The lowest BCUT2D eigenvalue weighted by Gasteiger charge is -2.14. The molecule has 2 aromatic heterocycles. The standard InChI is InChI=1S/C48H30N2O/c1-3-12-31(13-4-1)32-22-24-34(25-23-32)45-30-44(33-14-5-2-6-15-33)49-48(50-45)42-27-26-39(37-18-9-10-19-38(37)42)40-20-11-21-41-43-28-35-16-7-8-17-36(35)29-46(43)51-47(40)41/h1-30H. The molecule has 0 aliphatic carbocycles. The van der Waals surface area contributed by atoms with Crippen molar-refractivity contribution in [2.75, 3.05) is 0 Å². The molecule has 0 saturated carbocycles. The van der Waals surface area contributed by atoms with Crippen LogP contribution < -0.4 is 0 Å². The van der Waals surface area contributed by atoms with Gasteiger partial charge in [-0.25, -0.2) is 9.97 Å². The number of nitrogens with zero attached hydrogens (tertiary/aromatic N) is 2. The fourth-order valence-corrected chi connectivity index (χ4v) is 7.36. The summed E-state index contributed by atoms with van der Waals surface area (Å²) in [5.41, 5.74) is 11.2. The summed E-state index contributed by atoms with van der Waals surface area (Å²) in [6.07, 6.45) is 0. The molecule has 2 heterocycles. The third-order valence-electron chi connectivity index (χ3n) is 9.90. The molecule has 8 aromatic carbocycles. The molecule has 10 rings (SSSR count). The van der Waals surface area contributed by atoms with Crippen molar-refractivity contribution in [1.29, 1.82) is 0 Å². The Labute approximate surface area is 295 Å². The molecule has 0 fully saturated rings. The second-order valence-corrected chi connectivity index (χ2v) is 13.0. The first-order valence-corrected chi connectivity index (χ1v) is 17.2. The van der Waals surface area contributed by atoms with E-state index in [1.165, 1.54) is 21.9 Å². The van der Waals surface area contributed by atoms with Gasteiger partial charge in [0.1, 0.15) is 11.2 Å². The molecule has 0 atom stereocenters. The number of hydrogen-bond acceptors (Lipinski definition) is 3. The van der Waals surface area contributed by atoms with Crippen molar-refractivity contribution < 1.29 is 4.42 Å². The Morgan fingerprint density at radius 3 is 1.59 bits per heavy atom. The Balaban J connectivity index is 1.14. The summed E-state index contributed by atoms with van der Waals surface area (Å²) >= 11 is 0. The van der Waals surface area contributed by atoms with Crippen LogP contribution in [0.15, 0.2) is 186 Å². The van der Waals surface area contributed by atoms with Gasteiger partial charge < -0.3 is 4.42 Å². The number of rotatable bonds is 5. The lowest BCUT2D eigenvalue weighted by atomic mass is 9.93. The van der Waals surface area contributed by atoms with Crippen LogP contribution in [0.3, 0.4) is 0 Å². The lowest BCUT2D eigenvalue weighted by Crippen LogP contribution is -1.97. The van der Waals surface area contributed by atoms with E-state index in [0.29, 0.717) is 5.82 Å². The number of para-hydroxylation sites is 1. The van der Waals surface area contributed by atoms with Gasteiger partial charge in [0.05, 0.1) is 11.4 Å². The van der Waals surface area contributed by atoms with Crippen molar-refractivity contribution in [3.63, 3.8) is 0 Å². The summed E-state index contributed by atoms with van der Waals surface area (Å²) < 4.78 is 6.65. The average Bonchev–Trinajstić information content (AvgIpc) is 3.57. The molecule has 51 heavy (non-hydrogen) atoms. The van der Waals surface area contributed by atoms with E-state index < -0.39 is 0 Å². The minimum atomic E-state index is 0.690. The first-order valence-electron chi connectivity index (χ1n) is 17.2. The summed E-state index contributed by atoms with van der Waals surface area (Å²) in [6.45, 7) is 0. The normalized spacial score (nSPS) is 11.5. The number of aromatic nitrogens is 2. The smallest absolute Gasteiger partial charge is 0.161 e.